The van der Waals surface area contributed by atoms with Crippen molar-refractivity contribution in [2.45, 2.75) is 39.4 Å². The van der Waals surface area contributed by atoms with Gasteiger partial charge in [-0.05, 0) is 41.7 Å². The number of nitrogens with one attached hydrogen (secondary N) is 1. The van der Waals surface area contributed by atoms with Crippen LogP contribution in [0.4, 0.5) is 0 Å². The van der Waals surface area contributed by atoms with Crippen molar-refractivity contribution < 1.29 is 9.53 Å². The van der Waals surface area contributed by atoms with Crippen molar-refractivity contribution in [3.8, 4) is 5.75 Å². The van der Waals surface area contributed by atoms with Crippen LogP contribution >= 0.6 is 11.6 Å². The van der Waals surface area contributed by atoms with Crippen LogP contribution in [0.2, 0.25) is 5.02 Å². The van der Waals surface area contributed by atoms with Crippen LogP contribution < -0.4 is 10.1 Å². The molecule has 4 nitrogen and oxygen atoms in total. The first-order chi connectivity index (χ1) is 13.0. The van der Waals surface area contributed by atoms with Crippen LogP contribution in [-0.4, -0.2) is 17.4 Å². The van der Waals surface area contributed by atoms with Crippen LogP contribution in [-0.2, 0) is 24.3 Å². The first kappa shape index (κ1) is 19.5. The zero-order chi connectivity index (χ0) is 19.4. The number of fused-ring (bicyclic) bond motifs is 1. The summed E-state index contributed by atoms with van der Waals surface area (Å²) in [6.45, 7) is 9.83. The van der Waals surface area contributed by atoms with Crippen molar-refractivity contribution in [3.05, 3.63) is 76.5 Å². The third-order valence-corrected chi connectivity index (χ3v) is 5.31. The molecule has 0 saturated heterocycles. The zero-order valence-corrected chi connectivity index (χ0v) is 16.6. The average molecular weight is 385 g/mol. The van der Waals surface area contributed by atoms with E-state index in [0.29, 0.717) is 10.8 Å². The Bertz CT molecular complexity index is 833. The molecule has 1 atom stereocenters. The second kappa shape index (κ2) is 8.59. The van der Waals surface area contributed by atoms with E-state index in [2.05, 4.69) is 47.1 Å². The van der Waals surface area contributed by atoms with Crippen molar-refractivity contribution >= 4 is 17.5 Å². The molecule has 2 aromatic carbocycles. The molecule has 142 valence electrons. The van der Waals surface area contributed by atoms with Crippen molar-refractivity contribution in [1.82, 2.24) is 10.2 Å². The van der Waals surface area contributed by atoms with Gasteiger partial charge in [0.15, 0.2) is 0 Å². The van der Waals surface area contributed by atoms with Crippen LogP contribution in [0.1, 0.15) is 42.1 Å². The van der Waals surface area contributed by atoms with E-state index < -0.39 is 0 Å². The van der Waals surface area contributed by atoms with E-state index in [4.69, 9.17) is 16.3 Å². The minimum absolute atomic E-state index is 0.0149. The molecule has 1 N–H and O–H groups in total. The zero-order valence-electron chi connectivity index (χ0n) is 15.8. The number of nitrogens with zero attached hydrogens (tertiary/aromatic N) is 1. The molecule has 27 heavy (non-hydrogen) atoms. The highest BCUT2D eigenvalue weighted by molar-refractivity contribution is 6.33. The summed E-state index contributed by atoms with van der Waals surface area (Å²) in [5.41, 5.74) is 4.79. The van der Waals surface area contributed by atoms with Gasteiger partial charge in [0.05, 0.1) is 17.3 Å². The molecule has 1 amide bonds. The molecule has 1 heterocycles. The summed E-state index contributed by atoms with van der Waals surface area (Å²) in [6.07, 6.45) is 2.30. The smallest absolute Gasteiger partial charge is 0.217 e. The predicted molar refractivity (Wildman–Crippen MR) is 109 cm³/mol. The molecule has 0 aliphatic carbocycles. The van der Waals surface area contributed by atoms with E-state index in [1.54, 1.807) is 0 Å². The molecule has 5 heteroatoms. The third kappa shape index (κ3) is 4.71. The van der Waals surface area contributed by atoms with Gasteiger partial charge < -0.3 is 10.1 Å². The third-order valence-electron chi connectivity index (χ3n) is 4.89. The second-order valence-electron chi connectivity index (χ2n) is 6.92. The molecular weight excluding hydrogens is 360 g/mol. The lowest BCUT2D eigenvalue weighted by Crippen LogP contribution is -2.30. The Morgan fingerprint density at radius 1 is 1.33 bits per heavy atom. The van der Waals surface area contributed by atoms with Gasteiger partial charge in [0.2, 0.25) is 5.91 Å². The monoisotopic (exact) mass is 384 g/mol. The van der Waals surface area contributed by atoms with Crippen LogP contribution in [0.25, 0.3) is 0 Å². The number of ether oxygens (including phenoxy) is 1. The van der Waals surface area contributed by atoms with E-state index in [0.717, 1.165) is 31.6 Å². The maximum atomic E-state index is 11.2. The number of benzene rings is 2. The molecule has 1 aliphatic heterocycles. The summed E-state index contributed by atoms with van der Waals surface area (Å²) in [6, 6.07) is 12.5. The standard InChI is InChI=1S/C22H25ClN2O2/c1-4-27-21-10-9-19-14-25(12-11-20(19)22(21)23)13-17-5-7-18(8-6-17)15(2)24-16(3)26/h4-10,15H,1,11-14H2,2-3H3,(H,24,26). The normalized spacial score (nSPS) is 14.9. The number of halogens is 1. The Morgan fingerprint density at radius 2 is 2.07 bits per heavy atom. The number of carbonyl (C=O) groups excluding carboxylic acids is 1. The largest absolute Gasteiger partial charge is 0.464 e. The summed E-state index contributed by atoms with van der Waals surface area (Å²) in [5.74, 6) is 0.654. The fourth-order valence-corrected chi connectivity index (χ4v) is 3.85. The van der Waals surface area contributed by atoms with Gasteiger partial charge in [-0.2, -0.15) is 0 Å². The molecule has 0 radical (unpaired) electrons. The van der Waals surface area contributed by atoms with Gasteiger partial charge in [0.25, 0.3) is 0 Å². The Balaban J connectivity index is 1.65. The SMILES string of the molecule is C=COc1ccc2c(c1Cl)CCN(Cc1ccc(C(C)NC(C)=O)cc1)C2. The lowest BCUT2D eigenvalue weighted by molar-refractivity contribution is -0.119. The highest BCUT2D eigenvalue weighted by Crippen LogP contribution is 2.34. The molecule has 2 aromatic rings. The Kier molecular flexibility index (Phi) is 6.19. The van der Waals surface area contributed by atoms with Crippen molar-refractivity contribution in [2.24, 2.45) is 0 Å². The topological polar surface area (TPSA) is 41.6 Å². The van der Waals surface area contributed by atoms with Crippen molar-refractivity contribution in [1.29, 1.82) is 0 Å². The van der Waals surface area contributed by atoms with Gasteiger partial charge in [0, 0.05) is 26.6 Å². The van der Waals surface area contributed by atoms with E-state index in [1.807, 2.05) is 13.0 Å². The predicted octanol–water partition coefficient (Wildman–Crippen LogP) is 4.62. The summed E-state index contributed by atoms with van der Waals surface area (Å²) in [7, 11) is 0. The van der Waals surface area contributed by atoms with Crippen molar-refractivity contribution in [2.75, 3.05) is 6.54 Å². The van der Waals surface area contributed by atoms with E-state index >= 15 is 0 Å². The summed E-state index contributed by atoms with van der Waals surface area (Å²) < 4.78 is 5.37. The maximum Gasteiger partial charge on any atom is 0.217 e. The van der Waals surface area contributed by atoms with Crippen molar-refractivity contribution in [3.63, 3.8) is 0 Å². The minimum atomic E-state index is -0.0149. The quantitative estimate of drug-likeness (QED) is 0.739. The number of hydrogen-bond donors (Lipinski definition) is 1. The highest BCUT2D eigenvalue weighted by atomic mass is 35.5. The molecule has 0 bridgehead atoms. The van der Waals surface area contributed by atoms with Gasteiger partial charge in [-0.3, -0.25) is 9.69 Å². The Hall–Kier alpha value is -2.30. The molecule has 0 spiro atoms. The number of carbonyl (C=O) groups is 1. The molecule has 3 rings (SSSR count). The second-order valence-corrected chi connectivity index (χ2v) is 7.30. The minimum Gasteiger partial charge on any atom is -0.464 e. The lowest BCUT2D eigenvalue weighted by Gasteiger charge is -2.30. The van der Waals surface area contributed by atoms with E-state index in [1.165, 1.54) is 29.9 Å². The van der Waals surface area contributed by atoms with E-state index in [-0.39, 0.29) is 11.9 Å². The first-order valence-electron chi connectivity index (χ1n) is 9.14. The molecular formula is C22H25ClN2O2. The number of rotatable bonds is 6. The van der Waals surface area contributed by atoms with Gasteiger partial charge in [0.1, 0.15) is 5.75 Å². The number of hydrogen-bond acceptors (Lipinski definition) is 3. The number of amides is 1. The molecule has 1 unspecified atom stereocenters. The van der Waals surface area contributed by atoms with Crippen LogP contribution in [0.3, 0.4) is 0 Å². The Morgan fingerprint density at radius 3 is 2.74 bits per heavy atom. The van der Waals surface area contributed by atoms with Crippen LogP contribution in [0.5, 0.6) is 5.75 Å². The fourth-order valence-electron chi connectivity index (χ4n) is 3.52. The first-order valence-corrected chi connectivity index (χ1v) is 9.52. The van der Waals surface area contributed by atoms with Crippen LogP contribution in [0.15, 0.2) is 49.2 Å². The van der Waals surface area contributed by atoms with Gasteiger partial charge in [-0.1, -0.05) is 48.5 Å². The maximum absolute atomic E-state index is 11.2. The van der Waals surface area contributed by atoms with E-state index in [9.17, 15) is 4.79 Å². The van der Waals surface area contributed by atoms with Gasteiger partial charge in [-0.25, -0.2) is 0 Å². The highest BCUT2D eigenvalue weighted by Gasteiger charge is 2.20. The summed E-state index contributed by atoms with van der Waals surface area (Å²) in [5, 5.41) is 3.61. The lowest BCUT2D eigenvalue weighted by atomic mass is 9.98. The summed E-state index contributed by atoms with van der Waals surface area (Å²) in [4.78, 5) is 13.6. The molecule has 0 saturated carbocycles. The van der Waals surface area contributed by atoms with Gasteiger partial charge >= 0.3 is 0 Å². The van der Waals surface area contributed by atoms with Gasteiger partial charge in [-0.15, -0.1) is 0 Å². The Labute approximate surface area is 165 Å². The van der Waals surface area contributed by atoms with Crippen LogP contribution in [0, 0.1) is 0 Å². The molecule has 0 aromatic heterocycles. The molecule has 0 fully saturated rings. The average Bonchev–Trinajstić information content (AvgIpc) is 2.64. The molecule has 1 aliphatic rings. The fraction of sp³-hybridized carbons (Fsp3) is 0.318. The summed E-state index contributed by atoms with van der Waals surface area (Å²) >= 11 is 6.48.